The molecule has 1 saturated heterocycles. The number of hydrogen-bond donors (Lipinski definition) is 2. The lowest BCUT2D eigenvalue weighted by Gasteiger charge is -2.35. The van der Waals surface area contributed by atoms with Crippen molar-refractivity contribution in [2.24, 2.45) is 5.73 Å². The summed E-state index contributed by atoms with van der Waals surface area (Å²) >= 11 is 0. The van der Waals surface area contributed by atoms with Crippen LogP contribution in [0.2, 0.25) is 0 Å². The third-order valence-electron chi connectivity index (χ3n) is 3.99. The van der Waals surface area contributed by atoms with Gasteiger partial charge in [-0.3, -0.25) is 14.5 Å². The van der Waals surface area contributed by atoms with E-state index in [1.807, 2.05) is 6.92 Å². The summed E-state index contributed by atoms with van der Waals surface area (Å²) in [6.45, 7) is 5.34. The Morgan fingerprint density at radius 3 is 2.45 bits per heavy atom. The molecule has 1 aliphatic rings. The standard InChI is InChI=1S/C16H23N3O3/c1-2-14(20)11-18-6-8-19(9-7-18)16(22)13-5-3-4-12(10-13)15(17)21/h3-5,10,14,20H,2,6-9,11H2,1H3,(H2,17,21)/t14-/m1/s1. The van der Waals surface area contributed by atoms with E-state index < -0.39 is 5.91 Å². The summed E-state index contributed by atoms with van der Waals surface area (Å²) < 4.78 is 0. The highest BCUT2D eigenvalue weighted by atomic mass is 16.3. The lowest BCUT2D eigenvalue weighted by atomic mass is 10.1. The zero-order valence-corrected chi connectivity index (χ0v) is 12.9. The first-order chi connectivity index (χ1) is 10.5. The highest BCUT2D eigenvalue weighted by molar-refractivity contribution is 5.99. The van der Waals surface area contributed by atoms with Crippen molar-refractivity contribution in [1.82, 2.24) is 9.80 Å². The Labute approximate surface area is 130 Å². The number of aliphatic hydroxyl groups is 1. The van der Waals surface area contributed by atoms with E-state index in [0.29, 0.717) is 30.8 Å². The summed E-state index contributed by atoms with van der Waals surface area (Å²) in [6, 6.07) is 6.50. The average molecular weight is 305 g/mol. The summed E-state index contributed by atoms with van der Waals surface area (Å²) in [4.78, 5) is 27.6. The summed E-state index contributed by atoms with van der Waals surface area (Å²) in [6.07, 6.45) is 0.425. The van der Waals surface area contributed by atoms with Crippen molar-refractivity contribution in [3.8, 4) is 0 Å². The van der Waals surface area contributed by atoms with E-state index in [1.54, 1.807) is 23.1 Å². The maximum Gasteiger partial charge on any atom is 0.253 e. The van der Waals surface area contributed by atoms with Gasteiger partial charge in [0.1, 0.15) is 0 Å². The maximum atomic E-state index is 12.5. The molecule has 0 spiro atoms. The Morgan fingerprint density at radius 2 is 1.86 bits per heavy atom. The molecule has 1 heterocycles. The SMILES string of the molecule is CC[C@@H](O)CN1CCN(C(=O)c2cccc(C(N)=O)c2)CC1. The molecular formula is C16H23N3O3. The van der Waals surface area contributed by atoms with Gasteiger partial charge < -0.3 is 15.7 Å². The topological polar surface area (TPSA) is 86.9 Å². The molecule has 2 amide bonds. The van der Waals surface area contributed by atoms with Crippen LogP contribution in [0.1, 0.15) is 34.1 Å². The molecule has 2 rings (SSSR count). The zero-order valence-electron chi connectivity index (χ0n) is 12.9. The van der Waals surface area contributed by atoms with Gasteiger partial charge in [0.25, 0.3) is 5.91 Å². The number of piperazine rings is 1. The number of carbonyl (C=O) groups excluding carboxylic acids is 2. The normalized spacial score (nSPS) is 17.3. The van der Waals surface area contributed by atoms with E-state index in [2.05, 4.69) is 4.90 Å². The van der Waals surface area contributed by atoms with Crippen LogP contribution in [-0.2, 0) is 0 Å². The van der Waals surface area contributed by atoms with Crippen molar-refractivity contribution in [2.45, 2.75) is 19.4 Å². The van der Waals surface area contributed by atoms with Crippen molar-refractivity contribution < 1.29 is 14.7 Å². The first-order valence-electron chi connectivity index (χ1n) is 7.60. The third-order valence-corrected chi connectivity index (χ3v) is 3.99. The molecule has 3 N–H and O–H groups in total. The Hall–Kier alpha value is -1.92. The average Bonchev–Trinajstić information content (AvgIpc) is 2.55. The maximum absolute atomic E-state index is 12.5. The van der Waals surface area contributed by atoms with Crippen molar-refractivity contribution in [3.63, 3.8) is 0 Å². The minimum atomic E-state index is -0.534. The number of nitrogens with zero attached hydrogens (tertiary/aromatic N) is 2. The van der Waals surface area contributed by atoms with Crippen LogP contribution in [0, 0.1) is 0 Å². The van der Waals surface area contributed by atoms with E-state index in [1.165, 1.54) is 6.07 Å². The minimum Gasteiger partial charge on any atom is -0.392 e. The molecule has 1 aromatic carbocycles. The van der Waals surface area contributed by atoms with Gasteiger partial charge in [0, 0.05) is 43.9 Å². The van der Waals surface area contributed by atoms with Gasteiger partial charge in [0.2, 0.25) is 5.91 Å². The highest BCUT2D eigenvalue weighted by Crippen LogP contribution is 2.11. The molecule has 1 aliphatic heterocycles. The van der Waals surface area contributed by atoms with Crippen molar-refractivity contribution in [3.05, 3.63) is 35.4 Å². The molecular weight excluding hydrogens is 282 g/mol. The summed E-state index contributed by atoms with van der Waals surface area (Å²) in [5.41, 5.74) is 6.07. The Kier molecular flexibility index (Phi) is 5.51. The summed E-state index contributed by atoms with van der Waals surface area (Å²) in [5.74, 6) is -0.619. The number of amides is 2. The molecule has 6 heteroatoms. The smallest absolute Gasteiger partial charge is 0.253 e. The quantitative estimate of drug-likeness (QED) is 0.820. The fraction of sp³-hybridized carbons (Fsp3) is 0.500. The van der Waals surface area contributed by atoms with E-state index in [-0.39, 0.29) is 12.0 Å². The molecule has 0 bridgehead atoms. The second-order valence-corrected chi connectivity index (χ2v) is 5.60. The molecule has 6 nitrogen and oxygen atoms in total. The number of hydrogen-bond acceptors (Lipinski definition) is 4. The molecule has 0 aromatic heterocycles. The van der Waals surface area contributed by atoms with Crippen LogP contribution in [0.4, 0.5) is 0 Å². The lowest BCUT2D eigenvalue weighted by molar-refractivity contribution is 0.0523. The van der Waals surface area contributed by atoms with Crippen molar-refractivity contribution >= 4 is 11.8 Å². The van der Waals surface area contributed by atoms with Gasteiger partial charge in [-0.15, -0.1) is 0 Å². The van der Waals surface area contributed by atoms with Crippen LogP contribution in [0.15, 0.2) is 24.3 Å². The van der Waals surface area contributed by atoms with Gasteiger partial charge in [-0.2, -0.15) is 0 Å². The predicted molar refractivity (Wildman–Crippen MR) is 83.6 cm³/mol. The molecule has 1 aromatic rings. The lowest BCUT2D eigenvalue weighted by Crippen LogP contribution is -2.50. The van der Waals surface area contributed by atoms with Gasteiger partial charge in [0.05, 0.1) is 6.10 Å². The van der Waals surface area contributed by atoms with Gasteiger partial charge in [0.15, 0.2) is 0 Å². The molecule has 0 unspecified atom stereocenters. The minimum absolute atomic E-state index is 0.0845. The van der Waals surface area contributed by atoms with Crippen LogP contribution < -0.4 is 5.73 Å². The molecule has 22 heavy (non-hydrogen) atoms. The second kappa shape index (κ2) is 7.38. The van der Waals surface area contributed by atoms with Gasteiger partial charge >= 0.3 is 0 Å². The van der Waals surface area contributed by atoms with E-state index >= 15 is 0 Å². The number of rotatable bonds is 5. The summed E-state index contributed by atoms with van der Waals surface area (Å²) in [5, 5.41) is 9.68. The fourth-order valence-electron chi connectivity index (χ4n) is 2.55. The fourth-order valence-corrected chi connectivity index (χ4v) is 2.55. The number of primary amides is 1. The molecule has 0 radical (unpaired) electrons. The Balaban J connectivity index is 1.95. The first kappa shape index (κ1) is 16.5. The largest absolute Gasteiger partial charge is 0.392 e. The monoisotopic (exact) mass is 305 g/mol. The third kappa shape index (κ3) is 4.05. The van der Waals surface area contributed by atoms with E-state index in [0.717, 1.165) is 19.5 Å². The number of aliphatic hydroxyl groups excluding tert-OH is 1. The number of benzene rings is 1. The Bertz CT molecular complexity index is 539. The first-order valence-corrected chi connectivity index (χ1v) is 7.60. The zero-order chi connectivity index (χ0) is 16.1. The Morgan fingerprint density at radius 1 is 1.23 bits per heavy atom. The van der Waals surface area contributed by atoms with E-state index in [9.17, 15) is 14.7 Å². The van der Waals surface area contributed by atoms with Crippen LogP contribution in [-0.4, -0.2) is 65.5 Å². The number of carbonyl (C=O) groups is 2. The van der Waals surface area contributed by atoms with Crippen LogP contribution in [0.25, 0.3) is 0 Å². The van der Waals surface area contributed by atoms with Crippen molar-refractivity contribution in [1.29, 1.82) is 0 Å². The number of nitrogens with two attached hydrogens (primary N) is 1. The van der Waals surface area contributed by atoms with Gasteiger partial charge in [-0.1, -0.05) is 13.0 Å². The molecule has 1 atom stereocenters. The molecule has 0 aliphatic carbocycles. The molecule has 0 saturated carbocycles. The summed E-state index contributed by atoms with van der Waals surface area (Å²) in [7, 11) is 0. The van der Waals surface area contributed by atoms with Crippen LogP contribution >= 0.6 is 0 Å². The van der Waals surface area contributed by atoms with Crippen molar-refractivity contribution in [2.75, 3.05) is 32.7 Å². The number of β-amino-alcohol motifs (C(OH)–C–C–N with tert-alkyl or cyclic N) is 1. The van der Waals surface area contributed by atoms with Crippen LogP contribution in [0.3, 0.4) is 0 Å². The molecule has 120 valence electrons. The second-order valence-electron chi connectivity index (χ2n) is 5.60. The van der Waals surface area contributed by atoms with E-state index in [4.69, 9.17) is 5.73 Å². The highest BCUT2D eigenvalue weighted by Gasteiger charge is 2.23. The predicted octanol–water partition coefficient (Wildman–Crippen LogP) is 0.314. The van der Waals surface area contributed by atoms with Gasteiger partial charge in [-0.05, 0) is 24.6 Å². The van der Waals surface area contributed by atoms with Crippen LogP contribution in [0.5, 0.6) is 0 Å². The van der Waals surface area contributed by atoms with Gasteiger partial charge in [-0.25, -0.2) is 0 Å². The molecule has 1 fully saturated rings.